The fourth-order valence-electron chi connectivity index (χ4n) is 2.32. The quantitative estimate of drug-likeness (QED) is 0.610. The van der Waals surface area contributed by atoms with Crippen LogP contribution in [0.1, 0.15) is 32.1 Å². The summed E-state index contributed by atoms with van der Waals surface area (Å²) in [7, 11) is 0. The molecule has 0 aromatic carbocycles. The highest BCUT2D eigenvalue weighted by atomic mass is 35.5. The van der Waals surface area contributed by atoms with E-state index in [0.29, 0.717) is 0 Å². The molecule has 0 aliphatic carbocycles. The molecule has 2 rings (SSSR count). The lowest BCUT2D eigenvalue weighted by molar-refractivity contribution is 0.0630. The highest BCUT2D eigenvalue weighted by Crippen LogP contribution is 2.20. The van der Waals surface area contributed by atoms with Crippen LogP contribution in [0, 0.1) is 5.92 Å². The molecule has 0 N–H and O–H groups in total. The van der Waals surface area contributed by atoms with Crippen LogP contribution in [-0.4, -0.2) is 22.8 Å². The van der Waals surface area contributed by atoms with E-state index < -0.39 is 0 Å². The first-order valence-electron chi connectivity index (χ1n) is 6.55. The largest absolute Gasteiger partial charge is 0.381 e. The van der Waals surface area contributed by atoms with Crippen molar-refractivity contribution in [3.8, 4) is 0 Å². The van der Waals surface area contributed by atoms with Gasteiger partial charge in [0.05, 0.1) is 6.33 Å². The van der Waals surface area contributed by atoms with Crippen LogP contribution in [0.15, 0.2) is 17.2 Å². The maximum atomic E-state index is 11.6. The molecule has 0 saturated carbocycles. The predicted molar refractivity (Wildman–Crippen MR) is 70.9 cm³/mol. The lowest BCUT2D eigenvalue weighted by Gasteiger charge is -2.21. The summed E-state index contributed by atoms with van der Waals surface area (Å²) in [5, 5.41) is 0.262. The Balaban J connectivity index is 1.70. The van der Waals surface area contributed by atoms with E-state index in [1.807, 2.05) is 0 Å². The fourth-order valence-corrected chi connectivity index (χ4v) is 2.46. The predicted octanol–water partition coefficient (Wildman–Crippen LogP) is 2.49. The van der Waals surface area contributed by atoms with Gasteiger partial charge < -0.3 is 4.74 Å². The minimum Gasteiger partial charge on any atom is -0.381 e. The molecule has 0 radical (unpaired) electrons. The smallest absolute Gasteiger partial charge is 0.254 e. The standard InChI is InChI=1S/C13H19ClN2O2/c14-12-9-13(17)16(10-15-12)6-2-1-3-11-4-7-18-8-5-11/h9-11H,1-8H2. The summed E-state index contributed by atoms with van der Waals surface area (Å²) in [4.78, 5) is 15.5. The summed E-state index contributed by atoms with van der Waals surface area (Å²) in [5.74, 6) is 0.804. The molecule has 4 nitrogen and oxygen atoms in total. The number of hydrogen-bond donors (Lipinski definition) is 0. The zero-order valence-corrected chi connectivity index (χ0v) is 11.2. The van der Waals surface area contributed by atoms with Crippen molar-refractivity contribution >= 4 is 11.6 Å². The Morgan fingerprint density at radius 3 is 2.89 bits per heavy atom. The van der Waals surface area contributed by atoms with Crippen LogP contribution in [-0.2, 0) is 11.3 Å². The maximum absolute atomic E-state index is 11.6. The zero-order valence-electron chi connectivity index (χ0n) is 10.5. The average Bonchev–Trinajstić information content (AvgIpc) is 2.38. The molecule has 5 heteroatoms. The monoisotopic (exact) mass is 270 g/mol. The van der Waals surface area contributed by atoms with Crippen LogP contribution >= 0.6 is 11.6 Å². The number of halogens is 1. The molecule has 1 saturated heterocycles. The number of aryl methyl sites for hydroxylation is 1. The van der Waals surface area contributed by atoms with Gasteiger partial charge in [-0.2, -0.15) is 0 Å². The van der Waals surface area contributed by atoms with Crippen LogP contribution in [0.4, 0.5) is 0 Å². The third-order valence-electron chi connectivity index (χ3n) is 3.45. The summed E-state index contributed by atoms with van der Waals surface area (Å²) in [5.41, 5.74) is -0.0685. The van der Waals surface area contributed by atoms with E-state index in [9.17, 15) is 4.79 Å². The van der Waals surface area contributed by atoms with Crippen molar-refractivity contribution in [3.05, 3.63) is 27.9 Å². The second-order valence-electron chi connectivity index (χ2n) is 4.79. The second-order valence-corrected chi connectivity index (χ2v) is 5.18. The highest BCUT2D eigenvalue weighted by molar-refractivity contribution is 6.29. The summed E-state index contributed by atoms with van der Waals surface area (Å²) < 4.78 is 6.96. The van der Waals surface area contributed by atoms with Crippen molar-refractivity contribution in [3.63, 3.8) is 0 Å². The molecule has 0 spiro atoms. The summed E-state index contributed by atoms with van der Waals surface area (Å²) in [6.45, 7) is 2.54. The van der Waals surface area contributed by atoms with Crippen molar-refractivity contribution < 1.29 is 4.74 Å². The van der Waals surface area contributed by atoms with Crippen molar-refractivity contribution in [2.24, 2.45) is 5.92 Å². The van der Waals surface area contributed by atoms with Gasteiger partial charge in [-0.15, -0.1) is 0 Å². The molecule has 0 unspecified atom stereocenters. The molecule has 100 valence electrons. The second kappa shape index (κ2) is 6.90. The number of nitrogens with zero attached hydrogens (tertiary/aromatic N) is 2. The van der Waals surface area contributed by atoms with E-state index in [1.165, 1.54) is 31.7 Å². The van der Waals surface area contributed by atoms with Crippen LogP contribution in [0.25, 0.3) is 0 Å². The SMILES string of the molecule is O=c1cc(Cl)ncn1CCCCC1CCOCC1. The third-order valence-corrected chi connectivity index (χ3v) is 3.66. The molecular formula is C13H19ClN2O2. The Kier molecular flexibility index (Phi) is 5.20. The van der Waals surface area contributed by atoms with E-state index in [4.69, 9.17) is 16.3 Å². The molecular weight excluding hydrogens is 252 g/mol. The molecule has 2 heterocycles. The fraction of sp³-hybridized carbons (Fsp3) is 0.692. The van der Waals surface area contributed by atoms with Gasteiger partial charge in [0, 0.05) is 25.8 Å². The van der Waals surface area contributed by atoms with Crippen LogP contribution < -0.4 is 5.56 Å². The van der Waals surface area contributed by atoms with Gasteiger partial charge in [-0.25, -0.2) is 4.98 Å². The molecule has 0 amide bonds. The summed E-state index contributed by atoms with van der Waals surface area (Å²) >= 11 is 5.64. The molecule has 1 aliphatic heterocycles. The van der Waals surface area contributed by atoms with Gasteiger partial charge in [0.1, 0.15) is 5.15 Å². The Morgan fingerprint density at radius 2 is 2.17 bits per heavy atom. The lowest BCUT2D eigenvalue weighted by Crippen LogP contribution is -2.20. The summed E-state index contributed by atoms with van der Waals surface area (Å²) in [6, 6.07) is 1.36. The van der Waals surface area contributed by atoms with Crippen molar-refractivity contribution in [1.82, 2.24) is 9.55 Å². The highest BCUT2D eigenvalue weighted by Gasteiger charge is 2.12. The molecule has 0 atom stereocenters. The van der Waals surface area contributed by atoms with E-state index in [1.54, 1.807) is 4.57 Å². The topological polar surface area (TPSA) is 44.1 Å². The van der Waals surface area contributed by atoms with Gasteiger partial charge in [0.15, 0.2) is 0 Å². The number of ether oxygens (including phenoxy) is 1. The van der Waals surface area contributed by atoms with Crippen molar-refractivity contribution in [1.29, 1.82) is 0 Å². The first-order valence-corrected chi connectivity index (χ1v) is 6.93. The average molecular weight is 271 g/mol. The zero-order chi connectivity index (χ0) is 12.8. The van der Waals surface area contributed by atoms with Gasteiger partial charge in [-0.1, -0.05) is 24.4 Å². The number of aromatic nitrogens is 2. The Hall–Kier alpha value is -0.870. The number of hydrogen-bond acceptors (Lipinski definition) is 3. The van der Waals surface area contributed by atoms with Gasteiger partial charge in [-0.3, -0.25) is 9.36 Å². The Bertz CT molecular complexity index is 427. The first kappa shape index (κ1) is 13.6. The minimum atomic E-state index is -0.0685. The first-order chi connectivity index (χ1) is 8.75. The Morgan fingerprint density at radius 1 is 1.39 bits per heavy atom. The van der Waals surface area contributed by atoms with Gasteiger partial charge in [0.2, 0.25) is 0 Å². The third kappa shape index (κ3) is 4.10. The van der Waals surface area contributed by atoms with E-state index >= 15 is 0 Å². The molecule has 1 aliphatic rings. The molecule has 1 fully saturated rings. The van der Waals surface area contributed by atoms with Crippen LogP contribution in [0.5, 0.6) is 0 Å². The van der Waals surface area contributed by atoms with Gasteiger partial charge in [0.25, 0.3) is 5.56 Å². The van der Waals surface area contributed by atoms with Crippen LogP contribution in [0.2, 0.25) is 5.15 Å². The molecule has 1 aromatic heterocycles. The van der Waals surface area contributed by atoms with Crippen LogP contribution in [0.3, 0.4) is 0 Å². The number of rotatable bonds is 5. The van der Waals surface area contributed by atoms with E-state index in [0.717, 1.165) is 38.5 Å². The normalized spacial score (nSPS) is 16.9. The van der Waals surface area contributed by atoms with Gasteiger partial charge in [-0.05, 0) is 25.2 Å². The summed E-state index contributed by atoms with van der Waals surface area (Å²) in [6.07, 6.45) is 7.30. The molecule has 0 bridgehead atoms. The van der Waals surface area contributed by atoms with E-state index in [2.05, 4.69) is 4.98 Å². The van der Waals surface area contributed by atoms with Crippen molar-refractivity contribution in [2.45, 2.75) is 38.6 Å². The lowest BCUT2D eigenvalue weighted by atomic mass is 9.94. The Labute approximate surface area is 112 Å². The molecule has 1 aromatic rings. The molecule has 18 heavy (non-hydrogen) atoms. The van der Waals surface area contributed by atoms with Crippen molar-refractivity contribution in [2.75, 3.05) is 13.2 Å². The van der Waals surface area contributed by atoms with Gasteiger partial charge >= 0.3 is 0 Å². The maximum Gasteiger partial charge on any atom is 0.254 e. The minimum absolute atomic E-state index is 0.0685. The van der Waals surface area contributed by atoms with E-state index in [-0.39, 0.29) is 10.7 Å². The number of unbranched alkanes of at least 4 members (excludes halogenated alkanes) is 1.